The zero-order valence-electron chi connectivity index (χ0n) is 7.35. The van der Waals surface area contributed by atoms with Crippen molar-refractivity contribution < 1.29 is 4.79 Å². The molecule has 0 saturated heterocycles. The van der Waals surface area contributed by atoms with Crippen LogP contribution in [0.3, 0.4) is 0 Å². The molecule has 1 heterocycles. The summed E-state index contributed by atoms with van der Waals surface area (Å²) in [6.07, 6.45) is 3.84. The molecular weight excluding hydrogens is 218 g/mol. The molecule has 2 nitrogen and oxygen atoms in total. The summed E-state index contributed by atoms with van der Waals surface area (Å²) in [5, 5.41) is 0.769. The number of rotatable bonds is 2. The number of hydrogen-bond donors (Lipinski definition) is 0. The number of hydrogen-bond acceptors (Lipinski definition) is 1. The van der Waals surface area contributed by atoms with E-state index in [1.165, 1.54) is 5.57 Å². The van der Waals surface area contributed by atoms with E-state index in [1.54, 1.807) is 0 Å². The van der Waals surface area contributed by atoms with Crippen molar-refractivity contribution in [2.75, 3.05) is 18.4 Å². The van der Waals surface area contributed by atoms with Crippen LogP contribution in [0.5, 0.6) is 0 Å². The maximum Gasteiger partial charge on any atom is 0.223 e. The molecule has 0 aromatic rings. The summed E-state index contributed by atoms with van der Waals surface area (Å²) in [6.45, 7) is 3.79. The standard InChI is InChI=1S/C9H14BrNO/c1-8-3-2-6-11(7-8)9(12)4-5-10/h3H,2,4-7H2,1H3. The fourth-order valence-electron chi connectivity index (χ4n) is 1.36. The second-order valence-corrected chi connectivity index (χ2v) is 3.89. The number of carbonyl (C=O) groups is 1. The van der Waals surface area contributed by atoms with Crippen molar-refractivity contribution in [3.05, 3.63) is 11.6 Å². The molecule has 0 atom stereocenters. The second kappa shape index (κ2) is 4.65. The minimum Gasteiger partial charge on any atom is -0.338 e. The number of nitrogens with zero attached hydrogens (tertiary/aromatic N) is 1. The summed E-state index contributed by atoms with van der Waals surface area (Å²) >= 11 is 3.27. The Bertz CT molecular complexity index is 201. The first-order valence-electron chi connectivity index (χ1n) is 4.23. The normalized spacial score (nSPS) is 17.5. The molecule has 0 radical (unpaired) electrons. The van der Waals surface area contributed by atoms with Gasteiger partial charge in [-0.25, -0.2) is 0 Å². The molecule has 1 aliphatic heterocycles. The first kappa shape index (κ1) is 9.78. The van der Waals surface area contributed by atoms with Crippen LogP contribution < -0.4 is 0 Å². The first-order valence-corrected chi connectivity index (χ1v) is 5.35. The van der Waals surface area contributed by atoms with Crippen molar-refractivity contribution in [2.45, 2.75) is 19.8 Å². The van der Waals surface area contributed by atoms with E-state index in [4.69, 9.17) is 0 Å². The average molecular weight is 232 g/mol. The van der Waals surface area contributed by atoms with Crippen molar-refractivity contribution in [3.63, 3.8) is 0 Å². The van der Waals surface area contributed by atoms with E-state index in [1.807, 2.05) is 4.90 Å². The van der Waals surface area contributed by atoms with Gasteiger partial charge < -0.3 is 4.90 Å². The monoisotopic (exact) mass is 231 g/mol. The molecule has 0 unspecified atom stereocenters. The molecule has 0 spiro atoms. The summed E-state index contributed by atoms with van der Waals surface area (Å²) in [4.78, 5) is 13.3. The average Bonchev–Trinajstić information content (AvgIpc) is 2.05. The van der Waals surface area contributed by atoms with Gasteiger partial charge in [0, 0.05) is 24.8 Å². The van der Waals surface area contributed by atoms with Gasteiger partial charge in [-0.3, -0.25) is 4.79 Å². The predicted octanol–water partition coefficient (Wildman–Crippen LogP) is 1.95. The van der Waals surface area contributed by atoms with E-state index in [0.29, 0.717) is 6.42 Å². The van der Waals surface area contributed by atoms with Crippen LogP contribution in [-0.2, 0) is 4.79 Å². The maximum atomic E-state index is 11.4. The molecule has 0 fully saturated rings. The summed E-state index contributed by atoms with van der Waals surface area (Å²) in [5.41, 5.74) is 1.31. The third-order valence-corrected chi connectivity index (χ3v) is 2.39. The van der Waals surface area contributed by atoms with Crippen LogP contribution in [0.1, 0.15) is 19.8 Å². The lowest BCUT2D eigenvalue weighted by atomic mass is 10.1. The van der Waals surface area contributed by atoms with Gasteiger partial charge in [0.15, 0.2) is 0 Å². The number of alkyl halides is 1. The van der Waals surface area contributed by atoms with Crippen LogP contribution in [0.4, 0.5) is 0 Å². The Morgan fingerprint density at radius 3 is 3.08 bits per heavy atom. The summed E-state index contributed by atoms with van der Waals surface area (Å²) in [5.74, 6) is 0.263. The lowest BCUT2D eigenvalue weighted by molar-refractivity contribution is -0.130. The molecule has 0 aliphatic carbocycles. The molecule has 1 aliphatic rings. The highest BCUT2D eigenvalue weighted by Gasteiger charge is 2.14. The molecular formula is C9H14BrNO. The molecule has 0 aromatic heterocycles. The van der Waals surface area contributed by atoms with Crippen molar-refractivity contribution in [1.82, 2.24) is 4.90 Å². The SMILES string of the molecule is CC1=CCCN(C(=O)CCBr)C1. The van der Waals surface area contributed by atoms with Crippen LogP contribution >= 0.6 is 15.9 Å². The molecule has 12 heavy (non-hydrogen) atoms. The largest absolute Gasteiger partial charge is 0.338 e. The molecule has 0 saturated carbocycles. The van der Waals surface area contributed by atoms with Crippen LogP contribution in [0.15, 0.2) is 11.6 Å². The van der Waals surface area contributed by atoms with Gasteiger partial charge >= 0.3 is 0 Å². The van der Waals surface area contributed by atoms with Crippen LogP contribution in [-0.4, -0.2) is 29.2 Å². The Kier molecular flexibility index (Phi) is 3.79. The molecule has 1 amide bonds. The van der Waals surface area contributed by atoms with Crippen molar-refractivity contribution in [1.29, 1.82) is 0 Å². The Morgan fingerprint density at radius 2 is 2.50 bits per heavy atom. The zero-order valence-corrected chi connectivity index (χ0v) is 8.93. The lowest BCUT2D eigenvalue weighted by Crippen LogP contribution is -2.35. The Balaban J connectivity index is 2.43. The lowest BCUT2D eigenvalue weighted by Gasteiger charge is -2.25. The van der Waals surface area contributed by atoms with E-state index >= 15 is 0 Å². The van der Waals surface area contributed by atoms with E-state index in [0.717, 1.165) is 24.8 Å². The summed E-state index contributed by atoms with van der Waals surface area (Å²) in [7, 11) is 0. The Hall–Kier alpha value is -0.310. The molecule has 0 bridgehead atoms. The molecule has 0 N–H and O–H groups in total. The predicted molar refractivity (Wildman–Crippen MR) is 53.4 cm³/mol. The van der Waals surface area contributed by atoms with E-state index in [2.05, 4.69) is 28.9 Å². The van der Waals surface area contributed by atoms with E-state index < -0.39 is 0 Å². The van der Waals surface area contributed by atoms with Gasteiger partial charge in [0.25, 0.3) is 0 Å². The van der Waals surface area contributed by atoms with Gasteiger partial charge in [-0.05, 0) is 13.3 Å². The van der Waals surface area contributed by atoms with Gasteiger partial charge in [-0.1, -0.05) is 27.6 Å². The summed E-state index contributed by atoms with van der Waals surface area (Å²) in [6, 6.07) is 0. The van der Waals surface area contributed by atoms with Crippen LogP contribution in [0.2, 0.25) is 0 Å². The highest BCUT2D eigenvalue weighted by molar-refractivity contribution is 9.09. The minimum absolute atomic E-state index is 0.263. The van der Waals surface area contributed by atoms with Crippen LogP contribution in [0, 0.1) is 0 Å². The van der Waals surface area contributed by atoms with E-state index in [-0.39, 0.29) is 5.91 Å². The van der Waals surface area contributed by atoms with E-state index in [9.17, 15) is 4.79 Å². The highest BCUT2D eigenvalue weighted by Crippen LogP contribution is 2.10. The molecule has 3 heteroatoms. The fraction of sp³-hybridized carbons (Fsp3) is 0.667. The van der Waals surface area contributed by atoms with Gasteiger partial charge in [-0.2, -0.15) is 0 Å². The topological polar surface area (TPSA) is 20.3 Å². The molecule has 0 aromatic carbocycles. The Morgan fingerprint density at radius 1 is 1.75 bits per heavy atom. The number of halogens is 1. The summed E-state index contributed by atoms with van der Waals surface area (Å²) < 4.78 is 0. The first-order chi connectivity index (χ1) is 5.74. The maximum absolute atomic E-state index is 11.4. The van der Waals surface area contributed by atoms with Crippen molar-refractivity contribution in [3.8, 4) is 0 Å². The number of amides is 1. The smallest absolute Gasteiger partial charge is 0.223 e. The second-order valence-electron chi connectivity index (χ2n) is 3.09. The van der Waals surface area contributed by atoms with Crippen molar-refractivity contribution in [2.24, 2.45) is 0 Å². The molecule has 1 rings (SSSR count). The number of carbonyl (C=O) groups excluding carboxylic acids is 1. The highest BCUT2D eigenvalue weighted by atomic mass is 79.9. The third-order valence-electron chi connectivity index (χ3n) is 1.99. The Labute approximate surface area is 81.8 Å². The van der Waals surface area contributed by atoms with Gasteiger partial charge in [-0.15, -0.1) is 0 Å². The van der Waals surface area contributed by atoms with Gasteiger partial charge in [0.1, 0.15) is 0 Å². The quantitative estimate of drug-likeness (QED) is 0.526. The van der Waals surface area contributed by atoms with Crippen LogP contribution in [0.25, 0.3) is 0 Å². The molecule has 68 valence electrons. The van der Waals surface area contributed by atoms with Gasteiger partial charge in [0.05, 0.1) is 0 Å². The van der Waals surface area contributed by atoms with Gasteiger partial charge in [0.2, 0.25) is 5.91 Å². The third kappa shape index (κ3) is 2.63. The minimum atomic E-state index is 0.263. The zero-order chi connectivity index (χ0) is 8.97. The fourth-order valence-corrected chi connectivity index (χ4v) is 1.70. The van der Waals surface area contributed by atoms with Crippen molar-refractivity contribution >= 4 is 21.8 Å².